The first-order valence-electron chi connectivity index (χ1n) is 2.09. The molecule has 0 bridgehead atoms. The van der Waals surface area contributed by atoms with Crippen molar-refractivity contribution < 1.29 is 9.53 Å². The van der Waals surface area contributed by atoms with Crippen LogP contribution in [0.25, 0.3) is 0 Å². The van der Waals surface area contributed by atoms with Crippen LogP contribution in [0.1, 0.15) is 6.92 Å². The molecule has 0 aliphatic carbocycles. The Morgan fingerprint density at radius 2 is 2.11 bits per heavy atom. The fourth-order valence-corrected chi connectivity index (χ4v) is 0.117. The predicted molar refractivity (Wildman–Crippen MR) is 38.5 cm³/mol. The second-order valence-corrected chi connectivity index (χ2v) is 1.69. The van der Waals surface area contributed by atoms with E-state index in [-0.39, 0.29) is 11.3 Å². The third-order valence-electron chi connectivity index (χ3n) is 0.249. The van der Waals surface area contributed by atoms with E-state index in [9.17, 15) is 4.79 Å². The summed E-state index contributed by atoms with van der Waals surface area (Å²) in [6.07, 6.45) is 1.10. The molecule has 0 aliphatic rings. The van der Waals surface area contributed by atoms with E-state index in [1.54, 1.807) is 0 Å². The minimum absolute atomic E-state index is 0.194. The Morgan fingerprint density at radius 1 is 1.78 bits per heavy atom. The van der Waals surface area contributed by atoms with E-state index in [0.717, 1.165) is 6.26 Å². The Hall–Kier alpha value is -0.210. The Balaban J connectivity index is 0. The Bertz CT molecular complexity index is 83.0. The molecule has 0 heterocycles. The summed E-state index contributed by atoms with van der Waals surface area (Å²) in [5, 5.41) is 0.194. The second kappa shape index (κ2) is 10.7. The van der Waals surface area contributed by atoms with Crippen molar-refractivity contribution >= 4 is 29.2 Å². The van der Waals surface area contributed by atoms with E-state index in [0.29, 0.717) is 0 Å². The summed E-state index contributed by atoms with van der Waals surface area (Å²) < 4.78 is 4.17. The van der Waals surface area contributed by atoms with Crippen molar-refractivity contribution in [2.24, 2.45) is 0 Å². The molecular weight excluding hydrogens is 163 g/mol. The van der Waals surface area contributed by atoms with E-state index < -0.39 is 0 Å². The van der Waals surface area contributed by atoms with Gasteiger partial charge >= 0.3 is 5.97 Å². The van der Waals surface area contributed by atoms with Gasteiger partial charge in [0.15, 0.2) is 0 Å². The zero-order valence-corrected chi connectivity index (χ0v) is 6.58. The number of rotatable bonds is 1. The fraction of sp³-hybridized carbons (Fsp3) is 0.400. The molecule has 0 saturated heterocycles. The number of hydrogen-bond donors (Lipinski definition) is 0. The van der Waals surface area contributed by atoms with Crippen LogP contribution in [0.3, 0.4) is 0 Å². The van der Waals surface area contributed by atoms with Crippen molar-refractivity contribution in [1.29, 1.82) is 0 Å². The van der Waals surface area contributed by atoms with Gasteiger partial charge in [-0.3, -0.25) is 4.79 Å². The van der Waals surface area contributed by atoms with Gasteiger partial charge in [0.2, 0.25) is 0 Å². The van der Waals surface area contributed by atoms with Crippen LogP contribution in [0.15, 0.2) is 12.8 Å². The number of halogens is 2. The van der Waals surface area contributed by atoms with Gasteiger partial charge < -0.3 is 4.74 Å². The normalized spacial score (nSPS) is 6.56. The number of alkyl halides is 2. The van der Waals surface area contributed by atoms with E-state index in [1.807, 2.05) is 0 Å². The van der Waals surface area contributed by atoms with Gasteiger partial charge in [0, 0.05) is 6.92 Å². The monoisotopic (exact) mass is 170 g/mol. The number of hydrogen-bond acceptors (Lipinski definition) is 2. The van der Waals surface area contributed by atoms with Gasteiger partial charge in [-0.2, -0.15) is 0 Å². The molecule has 4 heteroatoms. The van der Waals surface area contributed by atoms with Crippen LogP contribution >= 0.6 is 23.2 Å². The molecule has 0 N–H and O–H groups in total. The summed E-state index contributed by atoms with van der Waals surface area (Å²) in [5.41, 5.74) is 0. The topological polar surface area (TPSA) is 26.3 Å². The first kappa shape index (κ1) is 11.6. The molecule has 0 aliphatic heterocycles. The van der Waals surface area contributed by atoms with Gasteiger partial charge in [-0.15, -0.1) is 23.2 Å². The molecule has 0 amide bonds. The highest BCUT2D eigenvalue weighted by Gasteiger charge is 1.79. The highest BCUT2D eigenvalue weighted by atomic mass is 35.5. The SMILES string of the molecule is C=COC(C)=O.ClCCl. The van der Waals surface area contributed by atoms with Crippen molar-refractivity contribution in [2.45, 2.75) is 6.92 Å². The lowest BCUT2D eigenvalue weighted by molar-refractivity contribution is -0.135. The molecule has 0 unspecified atom stereocenters. The molecular formula is C5H8Cl2O2. The first-order valence-corrected chi connectivity index (χ1v) is 3.16. The zero-order valence-electron chi connectivity index (χ0n) is 5.06. The van der Waals surface area contributed by atoms with Crippen LogP contribution in [0.2, 0.25) is 0 Å². The highest BCUT2D eigenvalue weighted by Crippen LogP contribution is 1.73. The van der Waals surface area contributed by atoms with Crippen LogP contribution in [0, 0.1) is 0 Å². The summed E-state index contributed by atoms with van der Waals surface area (Å²) in [6.45, 7) is 4.48. The van der Waals surface area contributed by atoms with Crippen LogP contribution in [-0.2, 0) is 9.53 Å². The minimum atomic E-state index is -0.329. The lowest BCUT2D eigenvalue weighted by atomic mass is 10.8. The van der Waals surface area contributed by atoms with Gasteiger partial charge in [-0.05, 0) is 0 Å². The molecule has 0 aromatic carbocycles. The smallest absolute Gasteiger partial charge is 0.307 e. The molecule has 0 spiro atoms. The van der Waals surface area contributed by atoms with E-state index in [1.165, 1.54) is 6.92 Å². The zero-order chi connectivity index (χ0) is 7.70. The van der Waals surface area contributed by atoms with E-state index >= 15 is 0 Å². The third-order valence-corrected chi connectivity index (χ3v) is 0.249. The molecule has 0 saturated carbocycles. The van der Waals surface area contributed by atoms with Crippen molar-refractivity contribution in [1.82, 2.24) is 0 Å². The fourth-order valence-electron chi connectivity index (χ4n) is 0.117. The quantitative estimate of drug-likeness (QED) is 0.343. The molecule has 0 radical (unpaired) electrons. The van der Waals surface area contributed by atoms with Gasteiger partial charge in [-0.25, -0.2) is 0 Å². The van der Waals surface area contributed by atoms with Crippen molar-refractivity contribution in [2.75, 3.05) is 5.34 Å². The number of esters is 1. The van der Waals surface area contributed by atoms with Crippen molar-refractivity contribution in [3.8, 4) is 0 Å². The maximum absolute atomic E-state index is 9.75. The average Bonchev–Trinajstić information content (AvgIpc) is 1.67. The number of ether oxygens (including phenoxy) is 1. The van der Waals surface area contributed by atoms with Gasteiger partial charge in [-0.1, -0.05) is 6.58 Å². The van der Waals surface area contributed by atoms with Crippen LogP contribution < -0.4 is 0 Å². The number of carbonyl (C=O) groups excluding carboxylic acids is 1. The van der Waals surface area contributed by atoms with Crippen LogP contribution in [-0.4, -0.2) is 11.3 Å². The molecule has 54 valence electrons. The molecule has 0 fully saturated rings. The lowest BCUT2D eigenvalue weighted by Crippen LogP contribution is -1.87. The summed E-state index contributed by atoms with van der Waals surface area (Å²) in [4.78, 5) is 9.75. The first-order chi connectivity index (χ1) is 4.18. The maximum Gasteiger partial charge on any atom is 0.307 e. The second-order valence-electron chi connectivity index (χ2n) is 0.877. The largest absolute Gasteiger partial charge is 0.435 e. The molecule has 0 atom stereocenters. The van der Waals surface area contributed by atoms with Crippen molar-refractivity contribution in [3.63, 3.8) is 0 Å². The van der Waals surface area contributed by atoms with Crippen molar-refractivity contribution in [3.05, 3.63) is 12.8 Å². The molecule has 9 heavy (non-hydrogen) atoms. The van der Waals surface area contributed by atoms with Crippen LogP contribution in [0.5, 0.6) is 0 Å². The van der Waals surface area contributed by atoms with Gasteiger partial charge in [0.05, 0.1) is 11.6 Å². The Kier molecular flexibility index (Phi) is 13.8. The molecule has 0 aromatic heterocycles. The van der Waals surface area contributed by atoms with Gasteiger partial charge in [0.1, 0.15) is 0 Å². The molecule has 2 nitrogen and oxygen atoms in total. The average molecular weight is 171 g/mol. The minimum Gasteiger partial charge on any atom is -0.435 e. The maximum atomic E-state index is 9.75. The molecule has 0 rings (SSSR count). The van der Waals surface area contributed by atoms with E-state index in [4.69, 9.17) is 23.2 Å². The summed E-state index contributed by atoms with van der Waals surface area (Å²) in [6, 6.07) is 0. The van der Waals surface area contributed by atoms with Gasteiger partial charge in [0.25, 0.3) is 0 Å². The Morgan fingerprint density at radius 3 is 2.11 bits per heavy atom. The van der Waals surface area contributed by atoms with E-state index in [2.05, 4.69) is 11.3 Å². The lowest BCUT2D eigenvalue weighted by Gasteiger charge is -1.83. The predicted octanol–water partition coefficient (Wildman–Crippen LogP) is 2.11. The summed E-state index contributed by atoms with van der Waals surface area (Å²) >= 11 is 9.53. The number of carbonyl (C=O) groups is 1. The standard InChI is InChI=1S/C4H6O2.CH2Cl2/c1-3-6-4(2)5;2-1-3/h3H,1H2,2H3;1H2. The van der Waals surface area contributed by atoms with Crippen LogP contribution in [0.4, 0.5) is 0 Å². The third kappa shape index (κ3) is 33.5. The summed E-state index contributed by atoms with van der Waals surface area (Å²) in [7, 11) is 0. The Labute approximate surface area is 64.4 Å². The summed E-state index contributed by atoms with van der Waals surface area (Å²) in [5.74, 6) is -0.329. The highest BCUT2D eigenvalue weighted by molar-refractivity contribution is 6.40. The molecule has 0 aromatic rings.